The Morgan fingerprint density at radius 2 is 1.74 bits per heavy atom. The Hall–Kier alpha value is -0.910. The first kappa shape index (κ1) is 14.5. The van der Waals surface area contributed by atoms with Crippen molar-refractivity contribution in [3.05, 3.63) is 29.8 Å². The van der Waals surface area contributed by atoms with E-state index in [1.54, 1.807) is 24.3 Å². The topological polar surface area (TPSA) is 66.4 Å². The summed E-state index contributed by atoms with van der Waals surface area (Å²) in [5.74, 6) is 0. The summed E-state index contributed by atoms with van der Waals surface area (Å²) in [6, 6.07) is 6.38. The summed E-state index contributed by atoms with van der Waals surface area (Å²) < 4.78 is 27.1. The van der Waals surface area contributed by atoms with Gasteiger partial charge in [0.15, 0.2) is 0 Å². The minimum atomic E-state index is -3.54. The van der Waals surface area contributed by atoms with Gasteiger partial charge < -0.3 is 5.11 Å². The summed E-state index contributed by atoms with van der Waals surface area (Å²) in [5.41, 5.74) is 1.02. The smallest absolute Gasteiger partial charge is 0.240 e. The third-order valence-electron chi connectivity index (χ3n) is 3.62. The summed E-state index contributed by atoms with van der Waals surface area (Å²) in [7, 11) is -3.54. The molecular formula is C14H21NO3S. The van der Waals surface area contributed by atoms with E-state index >= 15 is 0 Å². The predicted octanol–water partition coefficient (Wildman–Crippen LogP) is 1.97. The van der Waals surface area contributed by atoms with Crippen LogP contribution in [-0.2, 0) is 10.0 Å². The van der Waals surface area contributed by atoms with Crippen molar-refractivity contribution in [2.24, 2.45) is 0 Å². The zero-order chi connectivity index (χ0) is 13.9. The minimum Gasteiger partial charge on any atom is -0.391 e. The van der Waals surface area contributed by atoms with Gasteiger partial charge in [0, 0.05) is 6.04 Å². The van der Waals surface area contributed by atoms with Crippen LogP contribution in [0.4, 0.5) is 0 Å². The van der Waals surface area contributed by atoms with Crippen molar-refractivity contribution in [2.45, 2.75) is 56.1 Å². The van der Waals surface area contributed by atoms with Crippen LogP contribution in [0.2, 0.25) is 0 Å². The van der Waals surface area contributed by atoms with Crippen molar-refractivity contribution in [3.8, 4) is 0 Å². The molecule has 1 fully saturated rings. The fourth-order valence-electron chi connectivity index (χ4n) is 2.41. The van der Waals surface area contributed by atoms with Crippen molar-refractivity contribution < 1.29 is 13.5 Å². The van der Waals surface area contributed by atoms with Gasteiger partial charge in [-0.25, -0.2) is 13.1 Å². The summed E-state index contributed by atoms with van der Waals surface area (Å²) in [5, 5.41) is 9.98. The van der Waals surface area contributed by atoms with Crippen LogP contribution in [0.15, 0.2) is 29.2 Å². The van der Waals surface area contributed by atoms with E-state index in [1.165, 1.54) is 0 Å². The van der Waals surface area contributed by atoms with Crippen LogP contribution in [0.25, 0.3) is 0 Å². The van der Waals surface area contributed by atoms with Gasteiger partial charge >= 0.3 is 0 Å². The quantitative estimate of drug-likeness (QED) is 0.833. The number of benzene rings is 1. The highest BCUT2D eigenvalue weighted by Gasteiger charge is 2.26. The van der Waals surface area contributed by atoms with Crippen LogP contribution in [0.3, 0.4) is 0 Å². The van der Waals surface area contributed by atoms with Crippen molar-refractivity contribution >= 4 is 10.0 Å². The van der Waals surface area contributed by atoms with Crippen LogP contribution >= 0.6 is 0 Å². The van der Waals surface area contributed by atoms with E-state index in [0.717, 1.165) is 24.8 Å². The lowest BCUT2D eigenvalue weighted by Crippen LogP contribution is -2.42. The lowest BCUT2D eigenvalue weighted by Gasteiger charge is -2.21. The Bertz CT molecular complexity index is 510. The van der Waals surface area contributed by atoms with Crippen LogP contribution in [0, 0.1) is 6.92 Å². The first-order valence-electron chi connectivity index (χ1n) is 6.76. The first-order valence-corrected chi connectivity index (χ1v) is 8.24. The van der Waals surface area contributed by atoms with Gasteiger partial charge in [0.25, 0.3) is 0 Å². The predicted molar refractivity (Wildman–Crippen MR) is 74.4 cm³/mol. The second-order valence-electron chi connectivity index (χ2n) is 5.25. The molecule has 0 saturated heterocycles. The molecule has 0 bridgehead atoms. The standard InChI is InChI=1S/C14H21NO3S/c1-11-7-9-12(10-8-11)19(17,18)15-13-5-3-2-4-6-14(13)16/h7-10,13-16H,2-6H2,1H3. The fraction of sp³-hybridized carbons (Fsp3) is 0.571. The molecule has 106 valence electrons. The van der Waals surface area contributed by atoms with Gasteiger partial charge in [-0.3, -0.25) is 0 Å². The largest absolute Gasteiger partial charge is 0.391 e. The van der Waals surface area contributed by atoms with E-state index in [4.69, 9.17) is 0 Å². The first-order chi connectivity index (χ1) is 8.99. The van der Waals surface area contributed by atoms with E-state index in [2.05, 4.69) is 4.72 Å². The van der Waals surface area contributed by atoms with Crippen LogP contribution in [0.5, 0.6) is 0 Å². The molecule has 1 aliphatic carbocycles. The highest BCUT2D eigenvalue weighted by atomic mass is 32.2. The number of aliphatic hydroxyl groups excluding tert-OH is 1. The SMILES string of the molecule is Cc1ccc(S(=O)(=O)NC2CCCCCC2O)cc1. The van der Waals surface area contributed by atoms with Gasteiger partial charge in [0.05, 0.1) is 11.0 Å². The van der Waals surface area contributed by atoms with Crippen LogP contribution in [-0.4, -0.2) is 25.7 Å². The maximum absolute atomic E-state index is 12.2. The van der Waals surface area contributed by atoms with Crippen molar-refractivity contribution in [2.75, 3.05) is 0 Å². The number of aryl methyl sites for hydroxylation is 1. The van der Waals surface area contributed by atoms with Gasteiger partial charge in [-0.1, -0.05) is 37.0 Å². The fourth-order valence-corrected chi connectivity index (χ4v) is 3.71. The summed E-state index contributed by atoms with van der Waals surface area (Å²) in [6.45, 7) is 1.92. The molecular weight excluding hydrogens is 262 g/mol. The number of nitrogens with one attached hydrogen (secondary N) is 1. The summed E-state index contributed by atoms with van der Waals surface area (Å²) in [4.78, 5) is 0.259. The van der Waals surface area contributed by atoms with Crippen molar-refractivity contribution in [3.63, 3.8) is 0 Å². The Kier molecular flexibility index (Phi) is 4.60. The molecule has 1 aromatic rings. The van der Waals surface area contributed by atoms with E-state index < -0.39 is 16.1 Å². The molecule has 0 amide bonds. The Morgan fingerprint density at radius 1 is 1.11 bits per heavy atom. The number of hydrogen-bond acceptors (Lipinski definition) is 3. The Balaban J connectivity index is 2.13. The molecule has 0 heterocycles. The van der Waals surface area contributed by atoms with Crippen molar-refractivity contribution in [1.82, 2.24) is 4.72 Å². The number of rotatable bonds is 3. The second kappa shape index (κ2) is 6.03. The third-order valence-corrected chi connectivity index (χ3v) is 5.12. The highest BCUT2D eigenvalue weighted by molar-refractivity contribution is 7.89. The molecule has 4 nitrogen and oxygen atoms in total. The molecule has 2 rings (SSSR count). The van der Waals surface area contributed by atoms with E-state index in [9.17, 15) is 13.5 Å². The zero-order valence-electron chi connectivity index (χ0n) is 11.2. The van der Waals surface area contributed by atoms with Gasteiger partial charge in [-0.2, -0.15) is 0 Å². The molecule has 1 aromatic carbocycles. The van der Waals surface area contributed by atoms with Gasteiger partial charge in [-0.05, 0) is 31.9 Å². The van der Waals surface area contributed by atoms with Crippen LogP contribution < -0.4 is 4.72 Å². The van der Waals surface area contributed by atoms with E-state index in [-0.39, 0.29) is 10.9 Å². The molecule has 19 heavy (non-hydrogen) atoms. The average molecular weight is 283 g/mol. The zero-order valence-corrected chi connectivity index (χ0v) is 12.0. The Labute approximate surface area is 114 Å². The molecule has 1 saturated carbocycles. The molecule has 1 aliphatic rings. The molecule has 0 radical (unpaired) electrons. The second-order valence-corrected chi connectivity index (χ2v) is 6.96. The van der Waals surface area contributed by atoms with Crippen molar-refractivity contribution in [1.29, 1.82) is 0 Å². The molecule has 2 N–H and O–H groups in total. The molecule has 0 spiro atoms. The van der Waals surface area contributed by atoms with Gasteiger partial charge in [0.2, 0.25) is 10.0 Å². The average Bonchev–Trinajstić information content (AvgIpc) is 2.55. The molecule has 2 unspecified atom stereocenters. The van der Waals surface area contributed by atoms with Gasteiger partial charge in [-0.15, -0.1) is 0 Å². The molecule has 2 atom stereocenters. The maximum Gasteiger partial charge on any atom is 0.240 e. The van der Waals surface area contributed by atoms with E-state index in [1.807, 2.05) is 6.92 Å². The normalized spacial score (nSPS) is 24.9. The molecule has 5 heteroatoms. The Morgan fingerprint density at radius 3 is 2.42 bits per heavy atom. The highest BCUT2D eigenvalue weighted by Crippen LogP contribution is 2.20. The lowest BCUT2D eigenvalue weighted by molar-refractivity contribution is 0.130. The summed E-state index contributed by atoms with van der Waals surface area (Å²) in [6.07, 6.45) is 3.76. The maximum atomic E-state index is 12.2. The minimum absolute atomic E-state index is 0.259. The van der Waals surface area contributed by atoms with E-state index in [0.29, 0.717) is 12.8 Å². The summed E-state index contributed by atoms with van der Waals surface area (Å²) >= 11 is 0. The number of aliphatic hydroxyl groups is 1. The third kappa shape index (κ3) is 3.78. The van der Waals surface area contributed by atoms with Gasteiger partial charge in [0.1, 0.15) is 0 Å². The molecule has 0 aliphatic heterocycles. The molecule has 0 aromatic heterocycles. The number of hydrogen-bond donors (Lipinski definition) is 2. The number of sulfonamides is 1. The lowest BCUT2D eigenvalue weighted by atomic mass is 10.1. The van der Waals surface area contributed by atoms with Crippen LogP contribution in [0.1, 0.15) is 37.7 Å². The monoisotopic (exact) mass is 283 g/mol.